The number of methoxy groups -OCH3 is 1. The molecule has 0 amide bonds. The van der Waals surface area contributed by atoms with E-state index in [1.165, 1.54) is 7.11 Å². The van der Waals surface area contributed by atoms with Gasteiger partial charge in [-0.1, -0.05) is 18.2 Å². The van der Waals surface area contributed by atoms with Crippen LogP contribution in [0.5, 0.6) is 0 Å². The summed E-state index contributed by atoms with van der Waals surface area (Å²) < 4.78 is 27.7. The van der Waals surface area contributed by atoms with Gasteiger partial charge in [0.15, 0.2) is 9.84 Å². The fraction of sp³-hybridized carbons (Fsp3) is 0.364. The third kappa shape index (κ3) is 2.82. The second-order valence-electron chi connectivity index (χ2n) is 3.59. The highest BCUT2D eigenvalue weighted by atomic mass is 32.2. The zero-order chi connectivity index (χ0) is 12.3. The topological polar surface area (TPSA) is 60.4 Å². The van der Waals surface area contributed by atoms with E-state index in [2.05, 4.69) is 4.74 Å². The molecule has 88 valence electrons. The molecule has 0 aliphatic heterocycles. The molecule has 0 saturated heterocycles. The molecule has 1 aromatic carbocycles. The first-order chi connectivity index (χ1) is 7.36. The number of esters is 1. The summed E-state index contributed by atoms with van der Waals surface area (Å²) in [5.41, 5.74) is 1.12. The molecule has 0 spiro atoms. The summed E-state index contributed by atoms with van der Waals surface area (Å²) in [6.07, 6.45) is 1.11. The molecule has 1 aromatic rings. The lowest BCUT2D eigenvalue weighted by Crippen LogP contribution is -2.10. The van der Waals surface area contributed by atoms with Crippen molar-refractivity contribution in [2.75, 3.05) is 13.4 Å². The number of hydrogen-bond acceptors (Lipinski definition) is 4. The molecule has 16 heavy (non-hydrogen) atoms. The number of ether oxygens (including phenoxy) is 1. The zero-order valence-electron chi connectivity index (χ0n) is 9.48. The van der Waals surface area contributed by atoms with Crippen LogP contribution in [0.4, 0.5) is 0 Å². The Kier molecular flexibility index (Phi) is 3.70. The van der Waals surface area contributed by atoms with Crippen molar-refractivity contribution in [3.63, 3.8) is 0 Å². The lowest BCUT2D eigenvalue weighted by atomic mass is 10.1. The fourth-order valence-electron chi connectivity index (χ4n) is 1.61. The summed E-state index contributed by atoms with van der Waals surface area (Å²) in [7, 11) is -2.05. The van der Waals surface area contributed by atoms with Crippen LogP contribution in [0.1, 0.15) is 11.1 Å². The van der Waals surface area contributed by atoms with Crippen molar-refractivity contribution < 1.29 is 17.9 Å². The van der Waals surface area contributed by atoms with Gasteiger partial charge in [-0.25, -0.2) is 8.42 Å². The molecule has 0 aliphatic rings. The SMILES string of the molecule is COC(=O)Cc1cccc(C)c1S(C)(=O)=O. The van der Waals surface area contributed by atoms with Gasteiger partial charge in [0.1, 0.15) is 0 Å². The molecule has 0 aromatic heterocycles. The van der Waals surface area contributed by atoms with E-state index in [1.54, 1.807) is 25.1 Å². The summed E-state index contributed by atoms with van der Waals surface area (Å²) >= 11 is 0. The largest absolute Gasteiger partial charge is 0.469 e. The summed E-state index contributed by atoms with van der Waals surface area (Å²) in [5, 5.41) is 0. The summed E-state index contributed by atoms with van der Waals surface area (Å²) in [4.78, 5) is 11.4. The minimum Gasteiger partial charge on any atom is -0.469 e. The monoisotopic (exact) mass is 242 g/mol. The van der Waals surface area contributed by atoms with E-state index in [4.69, 9.17) is 0 Å². The Morgan fingerprint density at radius 2 is 2.00 bits per heavy atom. The average Bonchev–Trinajstić information content (AvgIpc) is 2.15. The van der Waals surface area contributed by atoms with Gasteiger partial charge in [-0.2, -0.15) is 0 Å². The second kappa shape index (κ2) is 4.65. The first-order valence-electron chi connectivity index (χ1n) is 4.71. The van der Waals surface area contributed by atoms with Crippen LogP contribution >= 0.6 is 0 Å². The molecule has 0 radical (unpaired) electrons. The Bertz CT molecular complexity index is 503. The first-order valence-corrected chi connectivity index (χ1v) is 6.60. The normalized spacial score (nSPS) is 11.2. The first kappa shape index (κ1) is 12.7. The van der Waals surface area contributed by atoms with Crippen LogP contribution in [0.15, 0.2) is 23.1 Å². The number of sulfone groups is 1. The van der Waals surface area contributed by atoms with E-state index in [0.29, 0.717) is 11.1 Å². The molecule has 0 aliphatic carbocycles. The van der Waals surface area contributed by atoms with Gasteiger partial charge in [0, 0.05) is 6.26 Å². The average molecular weight is 242 g/mol. The van der Waals surface area contributed by atoms with Crippen LogP contribution in [0, 0.1) is 6.92 Å². The number of benzene rings is 1. The molecule has 0 atom stereocenters. The maximum absolute atomic E-state index is 11.6. The molecule has 4 nitrogen and oxygen atoms in total. The molecular weight excluding hydrogens is 228 g/mol. The second-order valence-corrected chi connectivity index (χ2v) is 5.54. The molecule has 1 rings (SSSR count). The van der Waals surface area contributed by atoms with Crippen LogP contribution in [-0.4, -0.2) is 27.8 Å². The van der Waals surface area contributed by atoms with Gasteiger partial charge in [0.05, 0.1) is 18.4 Å². The highest BCUT2D eigenvalue weighted by molar-refractivity contribution is 7.90. The van der Waals surface area contributed by atoms with Crippen molar-refractivity contribution in [3.05, 3.63) is 29.3 Å². The molecule has 5 heteroatoms. The molecule has 0 bridgehead atoms. The maximum Gasteiger partial charge on any atom is 0.310 e. The van der Waals surface area contributed by atoms with Crippen molar-refractivity contribution in [1.82, 2.24) is 0 Å². The van der Waals surface area contributed by atoms with Gasteiger partial charge in [0.25, 0.3) is 0 Å². The number of rotatable bonds is 3. The van der Waals surface area contributed by atoms with Crippen LogP contribution in [-0.2, 0) is 25.8 Å². The molecular formula is C11H14O4S. The van der Waals surface area contributed by atoms with Crippen LogP contribution in [0.25, 0.3) is 0 Å². The lowest BCUT2D eigenvalue weighted by Gasteiger charge is -2.09. The van der Waals surface area contributed by atoms with Crippen LogP contribution in [0.2, 0.25) is 0 Å². The Hall–Kier alpha value is -1.36. The number of carbonyl (C=O) groups is 1. The summed E-state index contributed by atoms with van der Waals surface area (Å²) in [6.45, 7) is 1.71. The van der Waals surface area contributed by atoms with Gasteiger partial charge < -0.3 is 4.74 Å². The van der Waals surface area contributed by atoms with Gasteiger partial charge in [0.2, 0.25) is 0 Å². The van der Waals surface area contributed by atoms with E-state index in [1.807, 2.05) is 0 Å². The minimum atomic E-state index is -3.33. The maximum atomic E-state index is 11.6. The van der Waals surface area contributed by atoms with E-state index < -0.39 is 15.8 Å². The standard InChI is InChI=1S/C11H14O4S/c1-8-5-4-6-9(7-10(12)15-2)11(8)16(3,13)14/h4-6H,7H2,1-3H3. The van der Waals surface area contributed by atoms with Crippen molar-refractivity contribution in [3.8, 4) is 0 Å². The predicted octanol–water partition coefficient (Wildman–Crippen LogP) is 1.11. The van der Waals surface area contributed by atoms with Crippen molar-refractivity contribution in [2.24, 2.45) is 0 Å². The van der Waals surface area contributed by atoms with Gasteiger partial charge >= 0.3 is 5.97 Å². The van der Waals surface area contributed by atoms with Crippen molar-refractivity contribution in [1.29, 1.82) is 0 Å². The fourth-order valence-corrected chi connectivity index (χ4v) is 2.88. The van der Waals surface area contributed by atoms with E-state index in [-0.39, 0.29) is 11.3 Å². The van der Waals surface area contributed by atoms with Gasteiger partial charge in [-0.15, -0.1) is 0 Å². The smallest absolute Gasteiger partial charge is 0.310 e. The Morgan fingerprint density at radius 1 is 1.38 bits per heavy atom. The third-order valence-corrected chi connectivity index (χ3v) is 3.55. The third-order valence-electron chi connectivity index (χ3n) is 2.23. The highest BCUT2D eigenvalue weighted by Crippen LogP contribution is 2.20. The molecule has 0 fully saturated rings. The minimum absolute atomic E-state index is 0.0272. The lowest BCUT2D eigenvalue weighted by molar-refractivity contribution is -0.139. The van der Waals surface area contributed by atoms with Crippen molar-refractivity contribution in [2.45, 2.75) is 18.2 Å². The van der Waals surface area contributed by atoms with E-state index in [0.717, 1.165) is 6.26 Å². The Balaban J connectivity index is 3.30. The Morgan fingerprint density at radius 3 is 2.50 bits per heavy atom. The summed E-state index contributed by atoms with van der Waals surface area (Å²) in [6, 6.07) is 5.06. The zero-order valence-corrected chi connectivity index (χ0v) is 10.3. The number of hydrogen-bond donors (Lipinski definition) is 0. The van der Waals surface area contributed by atoms with Gasteiger partial charge in [-0.3, -0.25) is 4.79 Å². The molecule has 0 saturated carbocycles. The van der Waals surface area contributed by atoms with E-state index in [9.17, 15) is 13.2 Å². The number of carbonyl (C=O) groups excluding carboxylic acids is 1. The van der Waals surface area contributed by atoms with Crippen LogP contribution < -0.4 is 0 Å². The quantitative estimate of drug-likeness (QED) is 0.745. The van der Waals surface area contributed by atoms with Crippen molar-refractivity contribution >= 4 is 15.8 Å². The Labute approximate surface area is 95.2 Å². The molecule has 0 N–H and O–H groups in total. The van der Waals surface area contributed by atoms with E-state index >= 15 is 0 Å². The predicted molar refractivity (Wildman–Crippen MR) is 60.0 cm³/mol. The summed E-state index contributed by atoms with van der Waals surface area (Å²) in [5.74, 6) is -0.449. The van der Waals surface area contributed by atoms with Gasteiger partial charge in [-0.05, 0) is 18.1 Å². The highest BCUT2D eigenvalue weighted by Gasteiger charge is 2.17. The number of aryl methyl sites for hydroxylation is 1. The molecule has 0 heterocycles. The van der Waals surface area contributed by atoms with Crippen LogP contribution in [0.3, 0.4) is 0 Å². The molecule has 0 unspecified atom stereocenters.